The maximum Gasteiger partial charge on any atom is 0.251 e. The van der Waals surface area contributed by atoms with Crippen molar-refractivity contribution in [2.45, 2.75) is 6.04 Å². The van der Waals surface area contributed by atoms with Crippen LogP contribution in [0, 0.1) is 0 Å². The standard InChI is InChI=1S/C19H20N2OS/c1-21(2)17(18-8-5-11-23-18)13-20-19(22)16-10-9-14-6-3-4-7-15(14)12-16/h3-12,17H,13H2,1-2H3,(H,20,22)/p+1/t17-/m1/s1. The second-order valence-corrected chi connectivity index (χ2v) is 6.90. The number of carbonyl (C=O) groups is 1. The number of benzene rings is 2. The van der Waals surface area contributed by atoms with Crippen molar-refractivity contribution in [2.24, 2.45) is 0 Å². The Morgan fingerprint density at radius 1 is 1.09 bits per heavy atom. The Morgan fingerprint density at radius 2 is 1.87 bits per heavy atom. The van der Waals surface area contributed by atoms with Gasteiger partial charge in [0.25, 0.3) is 5.91 Å². The van der Waals surface area contributed by atoms with Gasteiger partial charge in [0, 0.05) is 5.56 Å². The number of hydrogen-bond acceptors (Lipinski definition) is 2. The number of thiophene rings is 1. The Kier molecular flexibility index (Phi) is 4.74. The van der Waals surface area contributed by atoms with Crippen LogP contribution in [0.2, 0.25) is 0 Å². The first-order chi connectivity index (χ1) is 11.1. The van der Waals surface area contributed by atoms with Gasteiger partial charge < -0.3 is 10.2 Å². The van der Waals surface area contributed by atoms with Crippen molar-refractivity contribution < 1.29 is 9.69 Å². The highest BCUT2D eigenvalue weighted by Crippen LogP contribution is 2.17. The molecule has 0 saturated carbocycles. The maximum atomic E-state index is 12.5. The second kappa shape index (κ2) is 6.94. The van der Waals surface area contributed by atoms with E-state index in [0.717, 1.165) is 10.8 Å². The third kappa shape index (κ3) is 3.60. The van der Waals surface area contributed by atoms with E-state index in [9.17, 15) is 4.79 Å². The van der Waals surface area contributed by atoms with Gasteiger partial charge in [-0.05, 0) is 34.4 Å². The van der Waals surface area contributed by atoms with Crippen LogP contribution in [-0.4, -0.2) is 26.5 Å². The van der Waals surface area contributed by atoms with Gasteiger partial charge in [0.2, 0.25) is 0 Å². The summed E-state index contributed by atoms with van der Waals surface area (Å²) in [6.45, 7) is 0.633. The van der Waals surface area contributed by atoms with Crippen molar-refractivity contribution >= 4 is 28.0 Å². The predicted molar refractivity (Wildman–Crippen MR) is 96.2 cm³/mol. The van der Waals surface area contributed by atoms with E-state index in [1.807, 2.05) is 36.4 Å². The van der Waals surface area contributed by atoms with E-state index >= 15 is 0 Å². The fraction of sp³-hybridized carbons (Fsp3) is 0.211. The summed E-state index contributed by atoms with van der Waals surface area (Å²) in [4.78, 5) is 15.1. The minimum atomic E-state index is -0.0152. The molecule has 1 amide bonds. The van der Waals surface area contributed by atoms with Gasteiger partial charge in [-0.15, -0.1) is 11.3 Å². The molecule has 0 aliphatic heterocycles. The van der Waals surface area contributed by atoms with Crippen molar-refractivity contribution in [1.82, 2.24) is 5.32 Å². The molecule has 0 bridgehead atoms. The fourth-order valence-corrected chi connectivity index (χ4v) is 3.66. The first-order valence-corrected chi connectivity index (χ1v) is 8.63. The zero-order chi connectivity index (χ0) is 16.2. The van der Waals surface area contributed by atoms with Crippen molar-refractivity contribution in [3.05, 3.63) is 70.4 Å². The zero-order valence-corrected chi connectivity index (χ0v) is 14.2. The van der Waals surface area contributed by atoms with Crippen LogP contribution in [0.4, 0.5) is 0 Å². The van der Waals surface area contributed by atoms with Crippen LogP contribution < -0.4 is 10.2 Å². The van der Waals surface area contributed by atoms with Crippen LogP contribution in [0.5, 0.6) is 0 Å². The Balaban J connectivity index is 1.72. The average molecular weight is 325 g/mol. The van der Waals surface area contributed by atoms with E-state index in [-0.39, 0.29) is 11.9 Å². The number of amides is 1. The zero-order valence-electron chi connectivity index (χ0n) is 13.4. The summed E-state index contributed by atoms with van der Waals surface area (Å²) in [5.41, 5.74) is 0.711. The lowest BCUT2D eigenvalue weighted by atomic mass is 10.1. The van der Waals surface area contributed by atoms with Gasteiger partial charge >= 0.3 is 0 Å². The number of hydrogen-bond donors (Lipinski definition) is 2. The van der Waals surface area contributed by atoms with E-state index in [2.05, 4.69) is 43.0 Å². The predicted octanol–water partition coefficient (Wildman–Crippen LogP) is 2.52. The van der Waals surface area contributed by atoms with Crippen LogP contribution in [-0.2, 0) is 0 Å². The summed E-state index contributed by atoms with van der Waals surface area (Å²) >= 11 is 1.74. The molecule has 0 spiro atoms. The number of carbonyl (C=O) groups excluding carboxylic acids is 1. The first kappa shape index (κ1) is 15.7. The van der Waals surface area contributed by atoms with Gasteiger partial charge in [-0.1, -0.05) is 36.4 Å². The molecule has 0 aliphatic carbocycles. The molecule has 1 atom stereocenters. The smallest absolute Gasteiger partial charge is 0.251 e. The Morgan fingerprint density at radius 3 is 2.57 bits per heavy atom. The van der Waals surface area contributed by atoms with Crippen LogP contribution in [0.1, 0.15) is 21.3 Å². The summed E-state index contributed by atoms with van der Waals surface area (Å²) in [7, 11) is 4.24. The molecule has 0 aliphatic rings. The highest BCUT2D eigenvalue weighted by molar-refractivity contribution is 7.10. The van der Waals surface area contributed by atoms with Gasteiger partial charge in [0.1, 0.15) is 6.04 Å². The molecular weight excluding hydrogens is 304 g/mol. The van der Waals surface area contributed by atoms with E-state index < -0.39 is 0 Å². The molecule has 0 fully saturated rings. The monoisotopic (exact) mass is 325 g/mol. The molecule has 4 heteroatoms. The van der Waals surface area contributed by atoms with Gasteiger partial charge in [-0.3, -0.25) is 4.79 Å². The molecule has 0 unspecified atom stereocenters. The summed E-state index contributed by atoms with van der Waals surface area (Å²) in [6, 6.07) is 18.4. The minimum Gasteiger partial charge on any atom is -0.346 e. The van der Waals surface area contributed by atoms with Crippen LogP contribution in [0.25, 0.3) is 10.8 Å². The first-order valence-electron chi connectivity index (χ1n) is 7.75. The topological polar surface area (TPSA) is 33.5 Å². The number of quaternary nitrogens is 1. The number of likely N-dealkylation sites (N-methyl/N-ethyl adjacent to an activating group) is 1. The van der Waals surface area contributed by atoms with Crippen molar-refractivity contribution in [1.29, 1.82) is 0 Å². The van der Waals surface area contributed by atoms with E-state index in [1.165, 1.54) is 9.78 Å². The van der Waals surface area contributed by atoms with E-state index in [1.54, 1.807) is 11.3 Å². The van der Waals surface area contributed by atoms with Gasteiger partial charge in [0.05, 0.1) is 25.5 Å². The molecule has 3 rings (SSSR count). The summed E-state index contributed by atoms with van der Waals surface area (Å²) in [6.07, 6.45) is 0. The third-order valence-corrected chi connectivity index (χ3v) is 5.05. The molecule has 118 valence electrons. The molecular formula is C19H21N2OS+. The van der Waals surface area contributed by atoms with Crippen LogP contribution in [0.15, 0.2) is 60.0 Å². The van der Waals surface area contributed by atoms with Crippen molar-refractivity contribution in [3.63, 3.8) is 0 Å². The highest BCUT2D eigenvalue weighted by Gasteiger charge is 2.20. The van der Waals surface area contributed by atoms with Gasteiger partial charge in [-0.25, -0.2) is 0 Å². The van der Waals surface area contributed by atoms with Gasteiger partial charge in [-0.2, -0.15) is 0 Å². The Bertz CT molecular complexity index is 796. The molecule has 1 heterocycles. The molecule has 3 aromatic rings. The molecule has 2 aromatic carbocycles. The average Bonchev–Trinajstić information content (AvgIpc) is 3.08. The lowest BCUT2D eigenvalue weighted by Gasteiger charge is -2.20. The number of nitrogens with one attached hydrogen (secondary N) is 2. The molecule has 23 heavy (non-hydrogen) atoms. The van der Waals surface area contributed by atoms with E-state index in [0.29, 0.717) is 12.1 Å². The number of rotatable bonds is 5. The molecule has 3 nitrogen and oxygen atoms in total. The maximum absolute atomic E-state index is 12.5. The molecule has 1 aromatic heterocycles. The van der Waals surface area contributed by atoms with Crippen LogP contribution in [0.3, 0.4) is 0 Å². The Labute approximate surface area is 140 Å². The highest BCUT2D eigenvalue weighted by atomic mass is 32.1. The van der Waals surface area contributed by atoms with Crippen molar-refractivity contribution in [2.75, 3.05) is 20.6 Å². The molecule has 0 saturated heterocycles. The van der Waals surface area contributed by atoms with Gasteiger partial charge in [0.15, 0.2) is 0 Å². The third-order valence-electron chi connectivity index (χ3n) is 4.06. The number of fused-ring (bicyclic) bond motifs is 1. The SMILES string of the molecule is C[NH+](C)[C@H](CNC(=O)c1ccc2ccccc2c1)c1cccs1. The molecule has 0 radical (unpaired) electrons. The lowest BCUT2D eigenvalue weighted by Crippen LogP contribution is -3.06. The fourth-order valence-electron chi connectivity index (χ4n) is 2.71. The summed E-state index contributed by atoms with van der Waals surface area (Å²) in [5, 5.41) is 7.40. The van der Waals surface area contributed by atoms with E-state index in [4.69, 9.17) is 0 Å². The van der Waals surface area contributed by atoms with Crippen molar-refractivity contribution in [3.8, 4) is 0 Å². The Hall–Kier alpha value is -2.17. The summed E-state index contributed by atoms with van der Waals surface area (Å²) < 4.78 is 0. The lowest BCUT2D eigenvalue weighted by molar-refractivity contribution is -0.890. The minimum absolute atomic E-state index is 0.0152. The second-order valence-electron chi connectivity index (χ2n) is 5.92. The molecule has 2 N–H and O–H groups in total. The quantitative estimate of drug-likeness (QED) is 0.742. The normalized spacial score (nSPS) is 12.5. The largest absolute Gasteiger partial charge is 0.346 e. The summed E-state index contributed by atoms with van der Waals surface area (Å²) in [5.74, 6) is -0.0152. The van der Waals surface area contributed by atoms with Crippen LogP contribution >= 0.6 is 11.3 Å².